The van der Waals surface area contributed by atoms with Crippen molar-refractivity contribution in [1.82, 2.24) is 10.2 Å². The molecule has 1 aliphatic rings. The molecule has 3 aromatic carbocycles. The maximum Gasteiger partial charge on any atom is 0.301 e. The summed E-state index contributed by atoms with van der Waals surface area (Å²) in [6, 6.07) is 19.2. The number of carbonyl (C=O) groups excluding carboxylic acids is 2. The zero-order valence-electron chi connectivity index (χ0n) is 19.8. The average molecular weight is 613 g/mol. The largest absolute Gasteiger partial charge is 0.507 e. The highest BCUT2D eigenvalue weighted by Gasteiger charge is 2.48. The third-order valence-electron chi connectivity index (χ3n) is 5.90. The summed E-state index contributed by atoms with van der Waals surface area (Å²) in [6.45, 7) is 0. The molecule has 1 aliphatic heterocycles. The lowest BCUT2D eigenvalue weighted by molar-refractivity contribution is -0.132. The summed E-state index contributed by atoms with van der Waals surface area (Å²) >= 11 is 5.80. The molecule has 5 rings (SSSR count). The van der Waals surface area contributed by atoms with Crippen molar-refractivity contribution in [3.05, 3.63) is 105 Å². The van der Waals surface area contributed by atoms with Crippen LogP contribution in [0.4, 0.5) is 9.52 Å². The number of nitrogens with zero attached hydrogens (tertiary/aromatic N) is 3. The van der Waals surface area contributed by atoms with E-state index in [9.17, 15) is 19.1 Å². The van der Waals surface area contributed by atoms with Gasteiger partial charge in [-0.1, -0.05) is 69.4 Å². The summed E-state index contributed by atoms with van der Waals surface area (Å²) < 4.78 is 20.5. The van der Waals surface area contributed by atoms with Crippen LogP contribution in [0.3, 0.4) is 0 Å². The summed E-state index contributed by atoms with van der Waals surface area (Å²) in [4.78, 5) is 27.9. The van der Waals surface area contributed by atoms with E-state index in [0.717, 1.165) is 15.8 Å². The molecule has 1 N–H and O–H groups in total. The van der Waals surface area contributed by atoms with Crippen molar-refractivity contribution < 1.29 is 23.8 Å². The molecule has 2 heterocycles. The van der Waals surface area contributed by atoms with Crippen LogP contribution in [-0.2, 0) is 15.3 Å². The van der Waals surface area contributed by atoms with Gasteiger partial charge in [0.15, 0.2) is 4.34 Å². The van der Waals surface area contributed by atoms with E-state index < -0.39 is 17.7 Å². The highest BCUT2D eigenvalue weighted by atomic mass is 79.9. The third-order valence-corrected chi connectivity index (χ3v) is 8.54. The fourth-order valence-electron chi connectivity index (χ4n) is 4.01. The number of carbonyl (C=O) groups is 2. The van der Waals surface area contributed by atoms with Gasteiger partial charge in [-0.25, -0.2) is 4.39 Å². The lowest BCUT2D eigenvalue weighted by atomic mass is 9.95. The first-order valence-electron chi connectivity index (χ1n) is 11.3. The fraction of sp³-hybridized carbons (Fsp3) is 0.111. The Morgan fingerprint density at radius 1 is 1.08 bits per heavy atom. The van der Waals surface area contributed by atoms with Gasteiger partial charge in [0.2, 0.25) is 5.13 Å². The Morgan fingerprint density at radius 3 is 2.47 bits per heavy atom. The van der Waals surface area contributed by atoms with Gasteiger partial charge in [0.1, 0.15) is 17.3 Å². The molecule has 0 saturated carbocycles. The van der Waals surface area contributed by atoms with Gasteiger partial charge in [-0.2, -0.15) is 0 Å². The molecular formula is C27H19BrFN3O4S2. The highest BCUT2D eigenvalue weighted by molar-refractivity contribution is 9.10. The molecule has 1 fully saturated rings. The predicted molar refractivity (Wildman–Crippen MR) is 148 cm³/mol. The third kappa shape index (κ3) is 5.09. The van der Waals surface area contributed by atoms with Crippen LogP contribution >= 0.6 is 39.0 Å². The van der Waals surface area contributed by atoms with E-state index in [4.69, 9.17) is 4.74 Å². The van der Waals surface area contributed by atoms with Crippen LogP contribution in [0, 0.1) is 5.82 Å². The first kappa shape index (κ1) is 26.1. The number of hydrogen-bond donors (Lipinski definition) is 1. The zero-order chi connectivity index (χ0) is 26.8. The SMILES string of the molecule is COc1ccc(/C(O)=C2/C(=O)C(=O)N(c3nnc(SCc4ccccc4F)s3)C2c2ccc(Br)cc2)cc1. The van der Waals surface area contributed by atoms with E-state index in [1.165, 1.54) is 29.8 Å². The first-order valence-corrected chi connectivity index (χ1v) is 13.9. The van der Waals surface area contributed by atoms with Crippen molar-refractivity contribution in [3.8, 4) is 5.75 Å². The highest BCUT2D eigenvalue weighted by Crippen LogP contribution is 2.44. The zero-order valence-corrected chi connectivity index (χ0v) is 23.0. The number of rotatable bonds is 7. The van der Waals surface area contributed by atoms with E-state index in [-0.39, 0.29) is 22.3 Å². The molecule has 1 saturated heterocycles. The van der Waals surface area contributed by atoms with Crippen molar-refractivity contribution in [2.24, 2.45) is 0 Å². The molecule has 11 heteroatoms. The van der Waals surface area contributed by atoms with Crippen molar-refractivity contribution in [3.63, 3.8) is 0 Å². The van der Waals surface area contributed by atoms with E-state index in [2.05, 4.69) is 26.1 Å². The number of aliphatic hydroxyl groups is 1. The Bertz CT molecular complexity index is 1540. The molecule has 1 atom stereocenters. The second-order valence-corrected chi connectivity index (χ2v) is 11.3. The summed E-state index contributed by atoms with van der Waals surface area (Å²) in [5.41, 5.74) is 1.44. The van der Waals surface area contributed by atoms with Gasteiger partial charge in [-0.15, -0.1) is 10.2 Å². The number of thioether (sulfide) groups is 1. The van der Waals surface area contributed by atoms with Crippen LogP contribution in [0.15, 0.2) is 87.2 Å². The van der Waals surface area contributed by atoms with E-state index >= 15 is 0 Å². The number of benzene rings is 3. The number of anilines is 1. The fourth-order valence-corrected chi connectivity index (χ4v) is 6.13. The van der Waals surface area contributed by atoms with E-state index in [1.807, 2.05) is 0 Å². The van der Waals surface area contributed by atoms with Gasteiger partial charge < -0.3 is 9.84 Å². The number of aromatic nitrogens is 2. The van der Waals surface area contributed by atoms with Gasteiger partial charge in [0.25, 0.3) is 5.78 Å². The average Bonchev–Trinajstić information content (AvgIpc) is 3.50. The molecule has 0 aliphatic carbocycles. The predicted octanol–water partition coefficient (Wildman–Crippen LogP) is 6.37. The number of halogens is 2. The molecule has 1 aromatic heterocycles. The van der Waals surface area contributed by atoms with Gasteiger partial charge in [0.05, 0.1) is 18.7 Å². The summed E-state index contributed by atoms with van der Waals surface area (Å²) in [6.07, 6.45) is 0. The quantitative estimate of drug-likeness (QED) is 0.0853. The Kier molecular flexibility index (Phi) is 7.59. The minimum Gasteiger partial charge on any atom is -0.507 e. The second kappa shape index (κ2) is 11.1. The number of ketones is 1. The van der Waals surface area contributed by atoms with E-state index in [0.29, 0.717) is 32.5 Å². The molecule has 1 amide bonds. The smallest absolute Gasteiger partial charge is 0.301 e. The van der Waals surface area contributed by atoms with Gasteiger partial charge >= 0.3 is 5.91 Å². The topological polar surface area (TPSA) is 92.6 Å². The molecule has 38 heavy (non-hydrogen) atoms. The number of ether oxygens (including phenoxy) is 1. The number of hydrogen-bond acceptors (Lipinski definition) is 8. The number of Topliss-reactive ketones (excluding diaryl/α,β-unsaturated/α-hetero) is 1. The molecule has 192 valence electrons. The van der Waals surface area contributed by atoms with Crippen molar-refractivity contribution in [2.75, 3.05) is 12.0 Å². The first-order chi connectivity index (χ1) is 18.4. The molecule has 0 radical (unpaired) electrons. The Morgan fingerprint density at radius 2 is 1.79 bits per heavy atom. The monoisotopic (exact) mass is 611 g/mol. The molecule has 0 bridgehead atoms. The molecule has 0 spiro atoms. The lowest BCUT2D eigenvalue weighted by Gasteiger charge is -2.22. The number of methoxy groups -OCH3 is 1. The lowest BCUT2D eigenvalue weighted by Crippen LogP contribution is -2.29. The summed E-state index contributed by atoms with van der Waals surface area (Å²) in [5.74, 6) is -1.37. The van der Waals surface area contributed by atoms with Crippen LogP contribution in [0.5, 0.6) is 5.75 Å². The summed E-state index contributed by atoms with van der Waals surface area (Å²) in [7, 11) is 1.53. The molecule has 7 nitrogen and oxygen atoms in total. The van der Waals surface area contributed by atoms with Gasteiger partial charge in [-0.05, 0) is 53.6 Å². The van der Waals surface area contributed by atoms with Crippen LogP contribution in [0.25, 0.3) is 5.76 Å². The Labute approximate surface area is 234 Å². The van der Waals surface area contributed by atoms with Crippen LogP contribution in [0.2, 0.25) is 0 Å². The molecular weight excluding hydrogens is 593 g/mol. The maximum atomic E-state index is 14.0. The summed E-state index contributed by atoms with van der Waals surface area (Å²) in [5, 5.41) is 19.8. The molecule has 4 aromatic rings. The number of aliphatic hydroxyl groups excluding tert-OH is 1. The minimum absolute atomic E-state index is 0.0572. The van der Waals surface area contributed by atoms with Gasteiger partial charge in [-0.3, -0.25) is 14.5 Å². The second-order valence-electron chi connectivity index (χ2n) is 8.18. The van der Waals surface area contributed by atoms with Crippen molar-refractivity contribution in [1.29, 1.82) is 0 Å². The van der Waals surface area contributed by atoms with Crippen molar-refractivity contribution in [2.45, 2.75) is 16.1 Å². The standard InChI is InChI=1S/C27H19BrFN3O4S2/c1-36-19-12-8-16(9-13-19)23(33)21-22(15-6-10-18(28)11-7-15)32(25(35)24(21)34)26-30-31-27(38-26)37-14-17-4-2-3-5-20(17)29/h2-13,22,33H,14H2,1H3/b23-21-. The normalized spacial score (nSPS) is 16.7. The Hall–Kier alpha value is -3.54. The van der Waals surface area contributed by atoms with Crippen LogP contribution in [-0.4, -0.2) is 34.1 Å². The van der Waals surface area contributed by atoms with E-state index in [1.54, 1.807) is 66.7 Å². The van der Waals surface area contributed by atoms with Crippen molar-refractivity contribution >= 4 is 61.6 Å². The van der Waals surface area contributed by atoms with Crippen LogP contribution in [0.1, 0.15) is 22.7 Å². The Balaban J connectivity index is 1.53. The van der Waals surface area contributed by atoms with Gasteiger partial charge in [0, 0.05) is 15.8 Å². The minimum atomic E-state index is -0.928. The van der Waals surface area contributed by atoms with Crippen LogP contribution < -0.4 is 9.64 Å². The molecule has 1 unspecified atom stereocenters. The maximum absolute atomic E-state index is 14.0. The number of amides is 1.